The third-order valence-corrected chi connectivity index (χ3v) is 6.06. The van der Waals surface area contributed by atoms with Gasteiger partial charge in [-0.3, -0.25) is 4.90 Å². The number of rotatable bonds is 7. The first-order chi connectivity index (χ1) is 13.7. The Hall–Kier alpha value is -2.68. The number of likely N-dealkylation sites (N-methyl/N-ethyl adjacent to an activating group) is 1. The predicted molar refractivity (Wildman–Crippen MR) is 109 cm³/mol. The second-order valence-corrected chi connectivity index (χ2v) is 7.41. The van der Waals surface area contributed by atoms with E-state index in [2.05, 4.69) is 27.1 Å². The summed E-state index contributed by atoms with van der Waals surface area (Å²) < 4.78 is 7.16. The smallest absolute Gasteiger partial charge is 0.230 e. The highest BCUT2D eigenvalue weighted by Crippen LogP contribution is 2.45. The van der Waals surface area contributed by atoms with Crippen LogP contribution in [0.4, 0.5) is 0 Å². The van der Waals surface area contributed by atoms with Crippen LogP contribution >= 0.6 is 11.3 Å². The average molecular weight is 398 g/mol. The molecule has 0 aliphatic carbocycles. The van der Waals surface area contributed by atoms with Crippen LogP contribution < -0.4 is 4.74 Å². The number of thiazole rings is 1. The number of hydrogen-bond acceptors (Lipinski definition) is 7. The first-order valence-corrected chi connectivity index (χ1v) is 9.93. The van der Waals surface area contributed by atoms with Crippen LogP contribution in [0.3, 0.4) is 0 Å². The van der Waals surface area contributed by atoms with Crippen molar-refractivity contribution >= 4 is 27.1 Å². The molecular formula is C20H22N4O3S. The Morgan fingerprint density at radius 1 is 1.25 bits per heavy atom. The first kappa shape index (κ1) is 18.7. The van der Waals surface area contributed by atoms with Crippen molar-refractivity contribution in [1.29, 1.82) is 0 Å². The Labute approximate surface area is 166 Å². The first-order valence-electron chi connectivity index (χ1n) is 9.11. The molecule has 4 aromatic rings. The molecule has 0 saturated heterocycles. The molecule has 0 amide bonds. The third kappa shape index (κ3) is 2.99. The Kier molecular flexibility index (Phi) is 5.17. The van der Waals surface area contributed by atoms with Gasteiger partial charge in [0.25, 0.3) is 0 Å². The highest BCUT2D eigenvalue weighted by Gasteiger charge is 2.31. The molecule has 0 radical (unpaired) electrons. The van der Waals surface area contributed by atoms with Crippen LogP contribution in [0, 0.1) is 0 Å². The number of fused-ring (bicyclic) bond motifs is 2. The summed E-state index contributed by atoms with van der Waals surface area (Å²) in [6.07, 6.45) is 1.42. The van der Waals surface area contributed by atoms with Gasteiger partial charge in [-0.05, 0) is 23.4 Å². The fourth-order valence-electron chi connectivity index (χ4n) is 3.69. The number of aliphatic hydroxyl groups is 1. The highest BCUT2D eigenvalue weighted by atomic mass is 32.1. The zero-order valence-electron chi connectivity index (χ0n) is 15.7. The topological polar surface area (TPSA) is 83.1 Å². The number of hydrogen-bond donors (Lipinski definition) is 2. The SMILES string of the molecule is CCN(CCO)C(c1sc2ncnn2c1O)c1c(OC)ccc2ccccc12. The van der Waals surface area contributed by atoms with Crippen LogP contribution in [0.1, 0.15) is 23.4 Å². The van der Waals surface area contributed by atoms with Crippen molar-refractivity contribution in [3.8, 4) is 11.6 Å². The second kappa shape index (κ2) is 7.75. The van der Waals surface area contributed by atoms with Gasteiger partial charge in [-0.25, -0.2) is 4.98 Å². The molecule has 1 unspecified atom stereocenters. The second-order valence-electron chi connectivity index (χ2n) is 6.40. The lowest BCUT2D eigenvalue weighted by Crippen LogP contribution is -2.32. The van der Waals surface area contributed by atoms with Gasteiger partial charge in [0.1, 0.15) is 12.1 Å². The summed E-state index contributed by atoms with van der Waals surface area (Å²) in [5, 5.41) is 26.8. The molecule has 0 spiro atoms. The molecule has 4 rings (SSSR count). The van der Waals surface area contributed by atoms with Crippen molar-refractivity contribution in [2.45, 2.75) is 13.0 Å². The van der Waals surface area contributed by atoms with Crippen LogP contribution in [0.25, 0.3) is 15.7 Å². The maximum atomic E-state index is 10.9. The van der Waals surface area contributed by atoms with Crippen molar-refractivity contribution in [3.63, 3.8) is 0 Å². The summed E-state index contributed by atoms with van der Waals surface area (Å²) in [7, 11) is 1.65. The maximum absolute atomic E-state index is 10.9. The number of aliphatic hydroxyl groups excluding tert-OH is 1. The molecule has 0 saturated carbocycles. The van der Waals surface area contributed by atoms with Gasteiger partial charge in [-0.15, -0.1) is 0 Å². The van der Waals surface area contributed by atoms with E-state index < -0.39 is 0 Å². The summed E-state index contributed by atoms with van der Waals surface area (Å²) in [6.45, 7) is 3.19. The van der Waals surface area contributed by atoms with Gasteiger partial charge < -0.3 is 14.9 Å². The fourth-order valence-corrected chi connectivity index (χ4v) is 4.76. The van der Waals surface area contributed by atoms with Crippen molar-refractivity contribution in [1.82, 2.24) is 19.5 Å². The molecule has 7 nitrogen and oxygen atoms in total. The van der Waals surface area contributed by atoms with Crippen LogP contribution in [0.5, 0.6) is 11.6 Å². The van der Waals surface area contributed by atoms with Gasteiger partial charge in [0, 0.05) is 12.1 Å². The lowest BCUT2D eigenvalue weighted by atomic mass is 9.95. The Balaban J connectivity index is 2.02. The molecule has 0 aliphatic rings. The zero-order chi connectivity index (χ0) is 19.7. The summed E-state index contributed by atoms with van der Waals surface area (Å²) in [5.74, 6) is 0.798. The molecule has 1 atom stereocenters. The third-order valence-electron chi connectivity index (χ3n) is 4.97. The molecule has 0 bridgehead atoms. The molecule has 2 aromatic carbocycles. The summed E-state index contributed by atoms with van der Waals surface area (Å²) in [6, 6.07) is 11.8. The Morgan fingerprint density at radius 3 is 2.79 bits per heavy atom. The van der Waals surface area contributed by atoms with E-state index in [1.807, 2.05) is 31.2 Å². The minimum Gasteiger partial charge on any atom is -0.496 e. The molecule has 8 heteroatoms. The van der Waals surface area contributed by atoms with Gasteiger partial charge in [-0.2, -0.15) is 9.61 Å². The van der Waals surface area contributed by atoms with E-state index in [0.717, 1.165) is 27.0 Å². The van der Waals surface area contributed by atoms with Crippen molar-refractivity contribution in [2.75, 3.05) is 26.8 Å². The van der Waals surface area contributed by atoms with Gasteiger partial charge >= 0.3 is 0 Å². The minimum absolute atomic E-state index is 0.0128. The van der Waals surface area contributed by atoms with E-state index in [9.17, 15) is 10.2 Å². The molecular weight excluding hydrogens is 376 g/mol. The van der Waals surface area contributed by atoms with Crippen LogP contribution in [-0.2, 0) is 0 Å². The fraction of sp³-hybridized carbons (Fsp3) is 0.300. The monoisotopic (exact) mass is 398 g/mol. The number of aromatic nitrogens is 3. The molecule has 2 N–H and O–H groups in total. The molecule has 0 aliphatic heterocycles. The molecule has 0 fully saturated rings. The van der Waals surface area contributed by atoms with Gasteiger partial charge in [0.2, 0.25) is 10.8 Å². The zero-order valence-corrected chi connectivity index (χ0v) is 16.6. The summed E-state index contributed by atoms with van der Waals surface area (Å²) in [4.78, 5) is 7.69. The molecule has 2 aromatic heterocycles. The van der Waals surface area contributed by atoms with E-state index in [1.165, 1.54) is 22.2 Å². The minimum atomic E-state index is -0.313. The van der Waals surface area contributed by atoms with E-state index in [0.29, 0.717) is 18.1 Å². The Morgan fingerprint density at radius 2 is 2.07 bits per heavy atom. The van der Waals surface area contributed by atoms with E-state index >= 15 is 0 Å². The number of nitrogens with zero attached hydrogens (tertiary/aromatic N) is 4. The highest BCUT2D eigenvalue weighted by molar-refractivity contribution is 7.17. The summed E-state index contributed by atoms with van der Waals surface area (Å²) in [5.41, 5.74) is 0.954. The van der Waals surface area contributed by atoms with E-state index in [-0.39, 0.29) is 18.5 Å². The largest absolute Gasteiger partial charge is 0.496 e. The van der Waals surface area contributed by atoms with E-state index in [1.54, 1.807) is 7.11 Å². The van der Waals surface area contributed by atoms with Crippen LogP contribution in [0.2, 0.25) is 0 Å². The van der Waals surface area contributed by atoms with Gasteiger partial charge in [0.15, 0.2) is 0 Å². The molecule has 2 heterocycles. The van der Waals surface area contributed by atoms with E-state index in [4.69, 9.17) is 4.74 Å². The maximum Gasteiger partial charge on any atom is 0.230 e. The van der Waals surface area contributed by atoms with Crippen molar-refractivity contribution in [3.05, 3.63) is 53.2 Å². The lowest BCUT2D eigenvalue weighted by Gasteiger charge is -2.31. The van der Waals surface area contributed by atoms with Crippen LogP contribution in [0.15, 0.2) is 42.7 Å². The van der Waals surface area contributed by atoms with Crippen molar-refractivity contribution in [2.24, 2.45) is 0 Å². The Bertz CT molecular complexity index is 1110. The number of benzene rings is 2. The van der Waals surface area contributed by atoms with Crippen LogP contribution in [-0.4, -0.2) is 56.5 Å². The quantitative estimate of drug-likeness (QED) is 0.498. The molecule has 28 heavy (non-hydrogen) atoms. The number of methoxy groups -OCH3 is 1. The number of aromatic hydroxyl groups is 1. The van der Waals surface area contributed by atoms with Crippen molar-refractivity contribution < 1.29 is 14.9 Å². The summed E-state index contributed by atoms with van der Waals surface area (Å²) >= 11 is 1.39. The standard InChI is InChI=1S/C20H22N4O3S/c1-3-23(10-11-25)17(18-19(26)24-20(28-18)21-12-22-24)16-14-7-5-4-6-13(14)8-9-15(16)27-2/h4-9,12,17,25-26H,3,10-11H2,1-2H3. The predicted octanol–water partition coefficient (Wildman–Crippen LogP) is 3.06. The number of ether oxygens (including phenoxy) is 1. The average Bonchev–Trinajstić information content (AvgIpc) is 3.31. The lowest BCUT2D eigenvalue weighted by molar-refractivity contribution is 0.173. The van der Waals surface area contributed by atoms with Gasteiger partial charge in [0.05, 0.1) is 24.6 Å². The van der Waals surface area contributed by atoms with Gasteiger partial charge in [-0.1, -0.05) is 48.6 Å². The normalized spacial score (nSPS) is 12.9. The molecule has 146 valence electrons.